The molecule has 2 aromatic carbocycles. The molecule has 0 fully saturated rings. The van der Waals surface area contributed by atoms with Crippen LogP contribution < -0.4 is 4.74 Å². The first-order chi connectivity index (χ1) is 9.72. The molecule has 0 amide bonds. The lowest BCUT2D eigenvalue weighted by Crippen LogP contribution is -2.10. The molecule has 0 aliphatic carbocycles. The number of aromatic carboxylic acids is 1. The van der Waals surface area contributed by atoms with Gasteiger partial charge in [0, 0.05) is 6.61 Å². The maximum atomic E-state index is 11.3. The van der Waals surface area contributed by atoms with E-state index in [-0.39, 0.29) is 5.56 Å². The highest BCUT2D eigenvalue weighted by Crippen LogP contribution is 2.26. The zero-order valence-electron chi connectivity index (χ0n) is 11.5. The molecule has 0 saturated heterocycles. The number of carboxylic acids is 1. The first-order valence-corrected chi connectivity index (χ1v) is 6.69. The van der Waals surface area contributed by atoms with Crippen molar-refractivity contribution in [3.05, 3.63) is 42.0 Å². The van der Waals surface area contributed by atoms with Crippen molar-refractivity contribution in [3.63, 3.8) is 0 Å². The summed E-state index contributed by atoms with van der Waals surface area (Å²) in [7, 11) is 0. The molecule has 20 heavy (non-hydrogen) atoms. The summed E-state index contributed by atoms with van der Waals surface area (Å²) in [4.78, 5) is 11.3. The number of benzene rings is 2. The first-order valence-electron chi connectivity index (χ1n) is 6.69. The van der Waals surface area contributed by atoms with Gasteiger partial charge in [-0.15, -0.1) is 0 Å². The number of rotatable bonds is 7. The number of carboxylic acid groups (broad SMARTS) is 1. The molecule has 0 aliphatic rings. The van der Waals surface area contributed by atoms with Crippen LogP contribution in [-0.4, -0.2) is 30.9 Å². The third-order valence-corrected chi connectivity index (χ3v) is 2.91. The summed E-state index contributed by atoms with van der Waals surface area (Å²) < 4.78 is 10.9. The van der Waals surface area contributed by atoms with E-state index in [0.29, 0.717) is 25.6 Å². The van der Waals surface area contributed by atoms with E-state index in [1.165, 1.54) is 0 Å². The number of hydrogen-bond acceptors (Lipinski definition) is 3. The van der Waals surface area contributed by atoms with Crippen molar-refractivity contribution in [3.8, 4) is 5.75 Å². The molecule has 4 heteroatoms. The zero-order chi connectivity index (χ0) is 14.4. The largest absolute Gasteiger partial charge is 0.490 e. The van der Waals surface area contributed by atoms with Gasteiger partial charge in [0.2, 0.25) is 0 Å². The highest BCUT2D eigenvalue weighted by atomic mass is 16.5. The Morgan fingerprint density at radius 3 is 2.45 bits per heavy atom. The Morgan fingerprint density at radius 2 is 1.80 bits per heavy atom. The monoisotopic (exact) mass is 274 g/mol. The van der Waals surface area contributed by atoms with Crippen LogP contribution in [0.5, 0.6) is 5.75 Å². The van der Waals surface area contributed by atoms with Crippen LogP contribution in [0.3, 0.4) is 0 Å². The van der Waals surface area contributed by atoms with Gasteiger partial charge in [-0.3, -0.25) is 0 Å². The average molecular weight is 274 g/mol. The first kappa shape index (κ1) is 14.3. The third-order valence-electron chi connectivity index (χ3n) is 2.91. The second-order valence-electron chi connectivity index (χ2n) is 4.46. The van der Waals surface area contributed by atoms with E-state index < -0.39 is 5.97 Å². The standard InChI is InChI=1S/C16H18O4/c1-2-7-19-8-9-20-15-11-13-6-4-3-5-12(13)10-14(15)16(17)18/h3-6,10-11H,2,7-9H2,1H3,(H,17,18). The fourth-order valence-electron chi connectivity index (χ4n) is 1.96. The van der Waals surface area contributed by atoms with Gasteiger partial charge in [0.25, 0.3) is 0 Å². The summed E-state index contributed by atoms with van der Waals surface area (Å²) in [6.45, 7) is 3.53. The van der Waals surface area contributed by atoms with Crippen molar-refractivity contribution in [2.75, 3.05) is 19.8 Å². The van der Waals surface area contributed by atoms with Crippen LogP contribution in [0.4, 0.5) is 0 Å². The normalized spacial score (nSPS) is 10.7. The van der Waals surface area contributed by atoms with Gasteiger partial charge >= 0.3 is 5.97 Å². The van der Waals surface area contributed by atoms with Crippen molar-refractivity contribution < 1.29 is 19.4 Å². The van der Waals surface area contributed by atoms with Crippen molar-refractivity contribution in [1.82, 2.24) is 0 Å². The highest BCUT2D eigenvalue weighted by Gasteiger charge is 2.12. The molecule has 0 aromatic heterocycles. The number of fused-ring (bicyclic) bond motifs is 1. The van der Waals surface area contributed by atoms with Gasteiger partial charge in [-0.25, -0.2) is 4.79 Å². The average Bonchev–Trinajstić information content (AvgIpc) is 2.46. The molecule has 0 aliphatic heterocycles. The Balaban J connectivity index is 2.17. The summed E-state index contributed by atoms with van der Waals surface area (Å²) in [6, 6.07) is 11.0. The van der Waals surface area contributed by atoms with Gasteiger partial charge < -0.3 is 14.6 Å². The van der Waals surface area contributed by atoms with E-state index >= 15 is 0 Å². The van der Waals surface area contributed by atoms with Gasteiger partial charge in [-0.05, 0) is 29.3 Å². The molecular formula is C16H18O4. The van der Waals surface area contributed by atoms with Crippen LogP contribution in [0, 0.1) is 0 Å². The van der Waals surface area contributed by atoms with Crippen LogP contribution in [0.25, 0.3) is 10.8 Å². The third kappa shape index (κ3) is 3.48. The molecule has 0 heterocycles. The second-order valence-corrected chi connectivity index (χ2v) is 4.46. The van der Waals surface area contributed by atoms with Crippen LogP contribution in [0.1, 0.15) is 23.7 Å². The molecular weight excluding hydrogens is 256 g/mol. The lowest BCUT2D eigenvalue weighted by atomic mass is 10.1. The number of carbonyl (C=O) groups is 1. The smallest absolute Gasteiger partial charge is 0.339 e. The molecule has 4 nitrogen and oxygen atoms in total. The minimum atomic E-state index is -0.986. The lowest BCUT2D eigenvalue weighted by Gasteiger charge is -2.11. The predicted molar refractivity (Wildman–Crippen MR) is 77.5 cm³/mol. The van der Waals surface area contributed by atoms with Crippen molar-refractivity contribution in [1.29, 1.82) is 0 Å². The minimum absolute atomic E-state index is 0.180. The lowest BCUT2D eigenvalue weighted by molar-refractivity contribution is 0.0686. The summed E-state index contributed by atoms with van der Waals surface area (Å²) in [5.41, 5.74) is 0.180. The molecule has 106 valence electrons. The van der Waals surface area contributed by atoms with Crippen molar-refractivity contribution in [2.45, 2.75) is 13.3 Å². The Kier molecular flexibility index (Phi) is 4.96. The molecule has 2 aromatic rings. The molecule has 0 atom stereocenters. The number of ether oxygens (including phenoxy) is 2. The predicted octanol–water partition coefficient (Wildman–Crippen LogP) is 3.34. The SMILES string of the molecule is CCCOCCOc1cc2ccccc2cc1C(=O)O. The van der Waals surface area contributed by atoms with Crippen molar-refractivity contribution >= 4 is 16.7 Å². The minimum Gasteiger partial charge on any atom is -0.490 e. The molecule has 0 radical (unpaired) electrons. The van der Waals surface area contributed by atoms with Gasteiger partial charge in [0.15, 0.2) is 0 Å². The van der Waals surface area contributed by atoms with Gasteiger partial charge in [0.1, 0.15) is 17.9 Å². The summed E-state index contributed by atoms with van der Waals surface area (Å²) in [6.07, 6.45) is 0.955. The Labute approximate surface area is 117 Å². The van der Waals surface area contributed by atoms with E-state index in [9.17, 15) is 9.90 Å². The van der Waals surface area contributed by atoms with Crippen LogP contribution in [-0.2, 0) is 4.74 Å². The molecule has 0 saturated carbocycles. The maximum absolute atomic E-state index is 11.3. The van der Waals surface area contributed by atoms with Crippen LogP contribution >= 0.6 is 0 Å². The fraction of sp³-hybridized carbons (Fsp3) is 0.312. The molecule has 1 N–H and O–H groups in total. The van der Waals surface area contributed by atoms with E-state index in [4.69, 9.17) is 9.47 Å². The highest BCUT2D eigenvalue weighted by molar-refractivity contribution is 5.97. The van der Waals surface area contributed by atoms with Gasteiger partial charge in [-0.1, -0.05) is 31.2 Å². The summed E-state index contributed by atoms with van der Waals surface area (Å²) >= 11 is 0. The Hall–Kier alpha value is -2.07. The summed E-state index contributed by atoms with van der Waals surface area (Å²) in [5, 5.41) is 11.1. The Morgan fingerprint density at radius 1 is 1.10 bits per heavy atom. The van der Waals surface area contributed by atoms with Crippen LogP contribution in [0.2, 0.25) is 0 Å². The zero-order valence-corrected chi connectivity index (χ0v) is 11.5. The maximum Gasteiger partial charge on any atom is 0.339 e. The number of hydrogen-bond donors (Lipinski definition) is 1. The molecule has 0 bridgehead atoms. The molecule has 2 rings (SSSR count). The fourth-order valence-corrected chi connectivity index (χ4v) is 1.96. The summed E-state index contributed by atoms with van der Waals surface area (Å²) in [5.74, 6) is -0.600. The van der Waals surface area contributed by atoms with Gasteiger partial charge in [-0.2, -0.15) is 0 Å². The van der Waals surface area contributed by atoms with Crippen molar-refractivity contribution in [2.24, 2.45) is 0 Å². The van der Waals surface area contributed by atoms with E-state index in [1.807, 2.05) is 31.2 Å². The molecule has 0 spiro atoms. The molecule has 0 unspecified atom stereocenters. The quantitative estimate of drug-likeness (QED) is 0.787. The van der Waals surface area contributed by atoms with Gasteiger partial charge in [0.05, 0.1) is 6.61 Å². The topological polar surface area (TPSA) is 55.8 Å². The van der Waals surface area contributed by atoms with Crippen LogP contribution in [0.15, 0.2) is 36.4 Å². The van der Waals surface area contributed by atoms with E-state index in [0.717, 1.165) is 17.2 Å². The van der Waals surface area contributed by atoms with E-state index in [2.05, 4.69) is 0 Å². The second kappa shape index (κ2) is 6.91. The van der Waals surface area contributed by atoms with E-state index in [1.54, 1.807) is 12.1 Å². The Bertz CT molecular complexity index is 592.